The number of nitrogens with zero attached hydrogens (tertiary/aromatic N) is 1. The van der Waals surface area contributed by atoms with Crippen LogP contribution in [0.3, 0.4) is 0 Å². The van der Waals surface area contributed by atoms with Crippen molar-refractivity contribution in [1.29, 1.82) is 0 Å². The maximum Gasteiger partial charge on any atom is 0.0672 e. The predicted octanol–water partition coefficient (Wildman–Crippen LogP) is 3.09. The molecule has 0 bridgehead atoms. The van der Waals surface area contributed by atoms with Crippen LogP contribution in [-0.2, 0) is 4.74 Å². The van der Waals surface area contributed by atoms with Crippen molar-refractivity contribution in [3.8, 4) is 0 Å². The fourth-order valence-corrected chi connectivity index (χ4v) is 2.43. The summed E-state index contributed by atoms with van der Waals surface area (Å²) in [7, 11) is 0. The summed E-state index contributed by atoms with van der Waals surface area (Å²) in [4.78, 5) is 2.53. The van der Waals surface area contributed by atoms with Gasteiger partial charge in [0.25, 0.3) is 0 Å². The molecule has 2 heteroatoms. The van der Waals surface area contributed by atoms with Crippen LogP contribution in [0.5, 0.6) is 0 Å². The Kier molecular flexibility index (Phi) is 5.50. The highest BCUT2D eigenvalue weighted by Crippen LogP contribution is 2.27. The van der Waals surface area contributed by atoms with Gasteiger partial charge in [-0.15, -0.1) is 6.58 Å². The monoisotopic (exact) mass is 225 g/mol. The van der Waals surface area contributed by atoms with E-state index in [2.05, 4.69) is 32.3 Å². The van der Waals surface area contributed by atoms with Crippen molar-refractivity contribution in [1.82, 2.24) is 4.90 Å². The molecule has 1 aliphatic rings. The summed E-state index contributed by atoms with van der Waals surface area (Å²) in [5, 5.41) is 0. The molecular formula is C14H27NO. The Morgan fingerprint density at radius 3 is 2.88 bits per heavy atom. The van der Waals surface area contributed by atoms with Crippen molar-refractivity contribution >= 4 is 0 Å². The van der Waals surface area contributed by atoms with E-state index in [-0.39, 0.29) is 5.60 Å². The normalized spacial score (nSPS) is 30.4. The van der Waals surface area contributed by atoms with Gasteiger partial charge in [0.15, 0.2) is 0 Å². The number of rotatable bonds is 4. The number of ether oxygens (including phenoxy) is 1. The molecule has 1 aliphatic heterocycles. The number of hydrogen-bond donors (Lipinski definition) is 0. The van der Waals surface area contributed by atoms with Gasteiger partial charge in [0, 0.05) is 19.7 Å². The fourth-order valence-electron chi connectivity index (χ4n) is 2.43. The fraction of sp³-hybridized carbons (Fsp3) is 0.857. The van der Waals surface area contributed by atoms with Crippen molar-refractivity contribution in [3.05, 3.63) is 12.7 Å². The zero-order chi connectivity index (χ0) is 12.0. The van der Waals surface area contributed by atoms with E-state index in [1.165, 1.54) is 6.54 Å². The summed E-state index contributed by atoms with van der Waals surface area (Å²) in [6.07, 6.45) is 5.42. The molecule has 0 aromatic heterocycles. The Bertz CT molecular complexity index is 217. The van der Waals surface area contributed by atoms with Crippen LogP contribution in [-0.4, -0.2) is 36.7 Å². The van der Waals surface area contributed by atoms with Crippen LogP contribution >= 0.6 is 0 Å². The topological polar surface area (TPSA) is 12.5 Å². The van der Waals surface area contributed by atoms with E-state index in [4.69, 9.17) is 4.74 Å². The molecule has 1 heterocycles. The van der Waals surface area contributed by atoms with E-state index in [1.54, 1.807) is 0 Å². The molecule has 2 nitrogen and oxygen atoms in total. The largest absolute Gasteiger partial charge is 0.375 e. The van der Waals surface area contributed by atoms with Crippen LogP contribution in [0.4, 0.5) is 0 Å². The van der Waals surface area contributed by atoms with Crippen molar-refractivity contribution < 1.29 is 4.74 Å². The van der Waals surface area contributed by atoms with Gasteiger partial charge in [0.05, 0.1) is 5.60 Å². The third-order valence-corrected chi connectivity index (χ3v) is 3.63. The summed E-state index contributed by atoms with van der Waals surface area (Å²) >= 11 is 0. The maximum atomic E-state index is 6.06. The minimum atomic E-state index is 0.0431. The summed E-state index contributed by atoms with van der Waals surface area (Å²) in [5.74, 6) is 0.541. The lowest BCUT2D eigenvalue weighted by molar-refractivity contribution is -0.0668. The quantitative estimate of drug-likeness (QED) is 0.682. The molecule has 0 aliphatic carbocycles. The average molecular weight is 225 g/mol. The molecule has 0 radical (unpaired) electrons. The minimum absolute atomic E-state index is 0.0431. The van der Waals surface area contributed by atoms with Gasteiger partial charge in [0.2, 0.25) is 0 Å². The van der Waals surface area contributed by atoms with Gasteiger partial charge in [-0.05, 0) is 38.6 Å². The highest BCUT2D eigenvalue weighted by Gasteiger charge is 2.28. The standard InChI is InChI=1S/C14H27NO/c1-5-13(3)12-14(4)8-10-15(6-2)9-7-11-16-14/h5,13H,1,6-12H2,2-4H3. The predicted molar refractivity (Wildman–Crippen MR) is 69.7 cm³/mol. The Morgan fingerprint density at radius 1 is 1.50 bits per heavy atom. The number of allylic oxidation sites excluding steroid dienone is 1. The van der Waals surface area contributed by atoms with Gasteiger partial charge >= 0.3 is 0 Å². The van der Waals surface area contributed by atoms with Crippen molar-refractivity contribution in [3.63, 3.8) is 0 Å². The van der Waals surface area contributed by atoms with Gasteiger partial charge in [0.1, 0.15) is 0 Å². The third-order valence-electron chi connectivity index (χ3n) is 3.63. The lowest BCUT2D eigenvalue weighted by atomic mass is 9.89. The molecule has 0 saturated carbocycles. The van der Waals surface area contributed by atoms with Crippen LogP contribution in [0, 0.1) is 5.92 Å². The van der Waals surface area contributed by atoms with Crippen LogP contribution in [0.25, 0.3) is 0 Å². The number of hydrogen-bond acceptors (Lipinski definition) is 2. The van der Waals surface area contributed by atoms with Gasteiger partial charge < -0.3 is 9.64 Å². The summed E-state index contributed by atoms with van der Waals surface area (Å²) in [5.41, 5.74) is 0.0431. The maximum absolute atomic E-state index is 6.06. The third kappa shape index (κ3) is 4.26. The average Bonchev–Trinajstić information content (AvgIpc) is 2.25. The molecule has 1 fully saturated rings. The first-order valence-electron chi connectivity index (χ1n) is 6.58. The zero-order valence-electron chi connectivity index (χ0n) is 11.2. The van der Waals surface area contributed by atoms with E-state index in [0.717, 1.165) is 39.0 Å². The Balaban J connectivity index is 2.52. The van der Waals surface area contributed by atoms with Crippen molar-refractivity contribution in [2.24, 2.45) is 5.92 Å². The second-order valence-electron chi connectivity index (χ2n) is 5.25. The van der Waals surface area contributed by atoms with Gasteiger partial charge in [-0.1, -0.05) is 19.9 Å². The summed E-state index contributed by atoms with van der Waals surface area (Å²) in [6, 6.07) is 0. The molecule has 2 atom stereocenters. The van der Waals surface area contributed by atoms with E-state index < -0.39 is 0 Å². The molecule has 0 spiro atoms. The molecule has 2 unspecified atom stereocenters. The highest BCUT2D eigenvalue weighted by atomic mass is 16.5. The minimum Gasteiger partial charge on any atom is -0.375 e. The van der Waals surface area contributed by atoms with Gasteiger partial charge in [-0.3, -0.25) is 0 Å². The summed E-state index contributed by atoms with van der Waals surface area (Å²) < 4.78 is 6.06. The van der Waals surface area contributed by atoms with Crippen molar-refractivity contribution in [2.45, 2.75) is 45.6 Å². The molecule has 94 valence electrons. The first-order chi connectivity index (χ1) is 7.59. The van der Waals surface area contributed by atoms with E-state index >= 15 is 0 Å². The molecule has 0 amide bonds. The van der Waals surface area contributed by atoms with Crippen LogP contribution < -0.4 is 0 Å². The molecular weight excluding hydrogens is 198 g/mol. The van der Waals surface area contributed by atoms with Crippen LogP contribution in [0.1, 0.15) is 40.0 Å². The van der Waals surface area contributed by atoms with Gasteiger partial charge in [-0.2, -0.15) is 0 Å². The first kappa shape index (κ1) is 13.7. The van der Waals surface area contributed by atoms with Gasteiger partial charge in [-0.25, -0.2) is 0 Å². The SMILES string of the molecule is C=CC(C)CC1(C)CCN(CC)CCCO1. The smallest absolute Gasteiger partial charge is 0.0672 e. The zero-order valence-corrected chi connectivity index (χ0v) is 11.2. The summed E-state index contributed by atoms with van der Waals surface area (Å²) in [6.45, 7) is 15.0. The van der Waals surface area contributed by atoms with Crippen LogP contribution in [0.2, 0.25) is 0 Å². The molecule has 0 aromatic carbocycles. The van der Waals surface area contributed by atoms with Crippen molar-refractivity contribution in [2.75, 3.05) is 26.2 Å². The Labute approximate surface area is 101 Å². The van der Waals surface area contributed by atoms with E-state index in [0.29, 0.717) is 5.92 Å². The highest BCUT2D eigenvalue weighted by molar-refractivity contribution is 4.86. The molecule has 0 aromatic rings. The van der Waals surface area contributed by atoms with Crippen LogP contribution in [0.15, 0.2) is 12.7 Å². The van der Waals surface area contributed by atoms with E-state index in [9.17, 15) is 0 Å². The molecule has 0 N–H and O–H groups in total. The molecule has 1 rings (SSSR count). The lowest BCUT2D eigenvalue weighted by Gasteiger charge is -2.36. The Hall–Kier alpha value is -0.340. The first-order valence-corrected chi connectivity index (χ1v) is 6.58. The Morgan fingerprint density at radius 2 is 2.25 bits per heavy atom. The second kappa shape index (κ2) is 6.41. The molecule has 16 heavy (non-hydrogen) atoms. The van der Waals surface area contributed by atoms with E-state index in [1.807, 2.05) is 6.08 Å². The lowest BCUT2D eigenvalue weighted by Crippen LogP contribution is -2.40. The second-order valence-corrected chi connectivity index (χ2v) is 5.25. The molecule has 1 saturated heterocycles.